The zero-order chi connectivity index (χ0) is 24.6. The van der Waals surface area contributed by atoms with Crippen molar-refractivity contribution in [2.75, 3.05) is 26.4 Å². The van der Waals surface area contributed by atoms with Gasteiger partial charge in [0.2, 0.25) is 5.91 Å². The highest BCUT2D eigenvalue weighted by molar-refractivity contribution is 7.10. The highest BCUT2D eigenvalue weighted by Crippen LogP contribution is 2.44. The molecule has 0 bridgehead atoms. The van der Waals surface area contributed by atoms with Crippen molar-refractivity contribution in [2.45, 2.75) is 18.4 Å². The number of hydrogen-bond acceptors (Lipinski definition) is 6. The Morgan fingerprint density at radius 3 is 2.26 bits per heavy atom. The maximum atomic E-state index is 12.8. The molecule has 8 nitrogen and oxygen atoms in total. The van der Waals surface area contributed by atoms with E-state index in [1.807, 2.05) is 41.8 Å². The van der Waals surface area contributed by atoms with Gasteiger partial charge in [0.1, 0.15) is 12.6 Å². The summed E-state index contributed by atoms with van der Waals surface area (Å²) in [5.74, 6) is -1.42. The summed E-state index contributed by atoms with van der Waals surface area (Å²) in [6, 6.07) is 18.8. The summed E-state index contributed by atoms with van der Waals surface area (Å²) in [7, 11) is 0. The number of rotatable bonds is 11. The summed E-state index contributed by atoms with van der Waals surface area (Å²) in [5.41, 5.74) is 4.49. The highest BCUT2D eigenvalue weighted by Gasteiger charge is 2.30. The number of hydrogen-bond donors (Lipinski definition) is 3. The third-order valence-electron chi connectivity index (χ3n) is 5.70. The Bertz CT molecular complexity index is 1130. The van der Waals surface area contributed by atoms with Crippen LogP contribution in [0.1, 0.15) is 34.4 Å². The Hall–Kier alpha value is -3.69. The van der Waals surface area contributed by atoms with Crippen molar-refractivity contribution in [3.63, 3.8) is 0 Å². The standard InChI is InChI=1S/C26H26N2O6S/c29-23(30)11-13-33-14-12-27-25(31)24(22-10-5-15-35-22)28-26(32)34-16-21-19-8-3-1-6-17(19)18-7-2-4-9-20(18)21/h1-10,15,21,24H,11-14,16H2,(H,27,31)(H,28,32)(H,29,30). The molecular weight excluding hydrogens is 468 g/mol. The van der Waals surface area contributed by atoms with Crippen molar-refractivity contribution in [1.82, 2.24) is 10.6 Å². The molecular formula is C26H26N2O6S. The minimum absolute atomic E-state index is 0.0670. The van der Waals surface area contributed by atoms with Crippen LogP contribution in [0, 0.1) is 0 Å². The number of nitrogens with one attached hydrogen (secondary N) is 2. The van der Waals surface area contributed by atoms with Gasteiger partial charge in [-0.25, -0.2) is 4.79 Å². The number of carbonyl (C=O) groups is 3. The lowest BCUT2D eigenvalue weighted by molar-refractivity contribution is -0.138. The molecule has 0 aliphatic heterocycles. The molecule has 1 heterocycles. The van der Waals surface area contributed by atoms with Gasteiger partial charge in [0.15, 0.2) is 0 Å². The Labute approximate surface area is 206 Å². The average Bonchev–Trinajstić information content (AvgIpc) is 3.50. The molecule has 0 saturated carbocycles. The van der Waals surface area contributed by atoms with Gasteiger partial charge in [0.25, 0.3) is 0 Å². The molecule has 3 N–H and O–H groups in total. The molecule has 1 unspecified atom stereocenters. The van der Waals surface area contributed by atoms with Crippen molar-refractivity contribution in [2.24, 2.45) is 0 Å². The molecule has 2 amide bonds. The van der Waals surface area contributed by atoms with Gasteiger partial charge in [-0.15, -0.1) is 11.3 Å². The van der Waals surface area contributed by atoms with E-state index in [4.69, 9.17) is 14.6 Å². The van der Waals surface area contributed by atoms with Crippen molar-refractivity contribution in [3.05, 3.63) is 82.0 Å². The first kappa shape index (κ1) is 24.4. The zero-order valence-electron chi connectivity index (χ0n) is 18.9. The number of amides is 2. The second kappa shape index (κ2) is 11.6. The van der Waals surface area contributed by atoms with Crippen LogP contribution in [0.4, 0.5) is 4.79 Å². The van der Waals surface area contributed by atoms with Gasteiger partial charge < -0.3 is 25.2 Å². The molecule has 0 fully saturated rings. The van der Waals surface area contributed by atoms with Crippen LogP contribution in [0.3, 0.4) is 0 Å². The molecule has 182 valence electrons. The predicted molar refractivity (Wildman–Crippen MR) is 131 cm³/mol. The SMILES string of the molecule is O=C(O)CCOCCNC(=O)C(NC(=O)OCC1c2ccccc2-c2ccccc21)c1cccs1. The predicted octanol–water partition coefficient (Wildman–Crippen LogP) is 3.94. The Balaban J connectivity index is 1.34. The minimum atomic E-state index is -0.945. The second-order valence-corrected chi connectivity index (χ2v) is 8.94. The molecule has 0 radical (unpaired) electrons. The number of carbonyl (C=O) groups excluding carboxylic acids is 2. The van der Waals surface area contributed by atoms with Gasteiger partial charge in [0, 0.05) is 17.3 Å². The van der Waals surface area contributed by atoms with E-state index in [2.05, 4.69) is 22.8 Å². The van der Waals surface area contributed by atoms with Crippen molar-refractivity contribution in [1.29, 1.82) is 0 Å². The monoisotopic (exact) mass is 494 g/mol. The molecule has 4 rings (SSSR count). The lowest BCUT2D eigenvalue weighted by Gasteiger charge is -2.19. The van der Waals surface area contributed by atoms with Gasteiger partial charge in [-0.3, -0.25) is 9.59 Å². The zero-order valence-corrected chi connectivity index (χ0v) is 19.8. The van der Waals surface area contributed by atoms with E-state index in [1.165, 1.54) is 11.3 Å². The Kier molecular flexibility index (Phi) is 8.12. The summed E-state index contributed by atoms with van der Waals surface area (Å²) in [5, 5.41) is 15.8. The van der Waals surface area contributed by atoms with Crippen molar-refractivity contribution < 1.29 is 29.0 Å². The van der Waals surface area contributed by atoms with Crippen LogP contribution in [-0.4, -0.2) is 49.4 Å². The van der Waals surface area contributed by atoms with E-state index < -0.39 is 24.0 Å². The fraction of sp³-hybridized carbons (Fsp3) is 0.269. The van der Waals surface area contributed by atoms with Gasteiger partial charge in [-0.05, 0) is 33.7 Å². The van der Waals surface area contributed by atoms with Gasteiger partial charge >= 0.3 is 12.1 Å². The lowest BCUT2D eigenvalue weighted by atomic mass is 9.98. The van der Waals surface area contributed by atoms with Gasteiger partial charge in [-0.1, -0.05) is 54.6 Å². The molecule has 2 aromatic carbocycles. The summed E-state index contributed by atoms with van der Waals surface area (Å²) in [4.78, 5) is 36.7. The molecule has 1 aromatic heterocycles. The number of carboxylic acids is 1. The second-order valence-electron chi connectivity index (χ2n) is 7.97. The molecule has 0 spiro atoms. The van der Waals surface area contributed by atoms with E-state index in [0.717, 1.165) is 22.3 Å². The summed E-state index contributed by atoms with van der Waals surface area (Å²) < 4.78 is 10.8. The van der Waals surface area contributed by atoms with Gasteiger partial charge in [0.05, 0.1) is 19.6 Å². The average molecular weight is 495 g/mol. The van der Waals surface area contributed by atoms with Crippen molar-refractivity contribution in [3.8, 4) is 11.1 Å². The van der Waals surface area contributed by atoms with Crippen molar-refractivity contribution >= 4 is 29.3 Å². The molecule has 1 atom stereocenters. The highest BCUT2D eigenvalue weighted by atomic mass is 32.1. The van der Waals surface area contributed by atoms with E-state index in [1.54, 1.807) is 12.1 Å². The van der Waals surface area contributed by atoms with E-state index in [0.29, 0.717) is 4.88 Å². The number of carboxylic acid groups (broad SMARTS) is 1. The maximum Gasteiger partial charge on any atom is 0.408 e. The Morgan fingerprint density at radius 1 is 0.943 bits per heavy atom. The number of fused-ring (bicyclic) bond motifs is 3. The molecule has 35 heavy (non-hydrogen) atoms. The lowest BCUT2D eigenvalue weighted by Crippen LogP contribution is -2.41. The van der Waals surface area contributed by atoms with Gasteiger partial charge in [-0.2, -0.15) is 0 Å². The third kappa shape index (κ3) is 6.06. The van der Waals surface area contributed by atoms with Crippen LogP contribution in [-0.2, 0) is 19.1 Å². The molecule has 9 heteroatoms. The molecule has 3 aromatic rings. The number of ether oxygens (including phenoxy) is 2. The summed E-state index contributed by atoms with van der Waals surface area (Å²) in [6.45, 7) is 0.571. The normalized spacial score (nSPS) is 12.9. The number of thiophene rings is 1. The summed E-state index contributed by atoms with van der Waals surface area (Å²) in [6.07, 6.45) is -0.784. The first-order valence-electron chi connectivity index (χ1n) is 11.3. The third-order valence-corrected chi connectivity index (χ3v) is 6.64. The molecule has 0 saturated heterocycles. The molecule has 1 aliphatic rings. The maximum absolute atomic E-state index is 12.8. The first-order chi connectivity index (χ1) is 17.0. The topological polar surface area (TPSA) is 114 Å². The quantitative estimate of drug-likeness (QED) is 0.348. The van der Waals surface area contributed by atoms with Crippen LogP contribution < -0.4 is 10.6 Å². The summed E-state index contributed by atoms with van der Waals surface area (Å²) >= 11 is 1.35. The largest absolute Gasteiger partial charge is 0.481 e. The van der Waals surface area contributed by atoms with Crippen LogP contribution in [0.15, 0.2) is 66.0 Å². The fourth-order valence-electron chi connectivity index (χ4n) is 4.09. The fourth-order valence-corrected chi connectivity index (χ4v) is 4.86. The number of alkyl carbamates (subject to hydrolysis) is 1. The van der Waals surface area contributed by atoms with Crippen LogP contribution in [0.5, 0.6) is 0 Å². The minimum Gasteiger partial charge on any atom is -0.481 e. The molecule has 1 aliphatic carbocycles. The van der Waals surface area contributed by atoms with Crippen LogP contribution in [0.2, 0.25) is 0 Å². The van der Waals surface area contributed by atoms with E-state index >= 15 is 0 Å². The smallest absolute Gasteiger partial charge is 0.408 e. The first-order valence-corrected chi connectivity index (χ1v) is 12.1. The van der Waals surface area contributed by atoms with E-state index in [-0.39, 0.29) is 38.7 Å². The van der Waals surface area contributed by atoms with Crippen LogP contribution in [0.25, 0.3) is 11.1 Å². The number of aliphatic carboxylic acids is 1. The number of benzene rings is 2. The Morgan fingerprint density at radius 2 is 1.63 bits per heavy atom. The van der Waals surface area contributed by atoms with Crippen LogP contribution >= 0.6 is 11.3 Å². The van der Waals surface area contributed by atoms with E-state index in [9.17, 15) is 14.4 Å².